The molecule has 17 heavy (non-hydrogen) atoms. The summed E-state index contributed by atoms with van der Waals surface area (Å²) in [5.41, 5.74) is 1.07. The molecule has 4 heteroatoms. The van der Waals surface area contributed by atoms with Gasteiger partial charge in [-0.2, -0.15) is 0 Å². The molecule has 1 aromatic heterocycles. The summed E-state index contributed by atoms with van der Waals surface area (Å²) in [6.07, 6.45) is 1.76. The van der Waals surface area contributed by atoms with Crippen LogP contribution in [0.15, 0.2) is 42.6 Å². The highest BCUT2D eigenvalue weighted by atomic mass is 35.5. The summed E-state index contributed by atoms with van der Waals surface area (Å²) in [4.78, 5) is 4.14. The van der Waals surface area contributed by atoms with Crippen LogP contribution in [0.2, 0.25) is 5.02 Å². The minimum Gasteiger partial charge on any atom is -0.489 e. The maximum absolute atomic E-state index is 5.80. The predicted molar refractivity (Wildman–Crippen MR) is 69.6 cm³/mol. The van der Waals surface area contributed by atoms with Gasteiger partial charge in [-0.25, -0.2) is 4.98 Å². The molecule has 0 atom stereocenters. The lowest BCUT2D eigenvalue weighted by Gasteiger charge is -2.07. The molecule has 2 rings (SSSR count). The number of pyridine rings is 1. The van der Waals surface area contributed by atoms with E-state index in [-0.39, 0.29) is 0 Å². The molecule has 2 aromatic rings. The Morgan fingerprint density at radius 1 is 1.24 bits per heavy atom. The number of halogens is 1. The quantitative estimate of drug-likeness (QED) is 0.901. The fraction of sp³-hybridized carbons (Fsp3) is 0.154. The van der Waals surface area contributed by atoms with Gasteiger partial charge in [-0.1, -0.05) is 11.6 Å². The number of aromatic nitrogens is 1. The van der Waals surface area contributed by atoms with E-state index in [1.807, 2.05) is 43.4 Å². The Labute approximate surface area is 105 Å². The first kappa shape index (κ1) is 11.7. The van der Waals surface area contributed by atoms with Crippen molar-refractivity contribution in [3.8, 4) is 5.75 Å². The van der Waals surface area contributed by atoms with E-state index in [9.17, 15) is 0 Å². The Hall–Kier alpha value is -1.74. The van der Waals surface area contributed by atoms with Crippen LogP contribution >= 0.6 is 11.6 Å². The number of rotatable bonds is 4. The summed E-state index contributed by atoms with van der Waals surface area (Å²) in [6.45, 7) is 0.513. The average molecular weight is 249 g/mol. The monoisotopic (exact) mass is 248 g/mol. The first-order valence-corrected chi connectivity index (χ1v) is 5.67. The van der Waals surface area contributed by atoms with Crippen LogP contribution in [0.1, 0.15) is 5.56 Å². The number of ether oxygens (including phenoxy) is 1. The summed E-state index contributed by atoms with van der Waals surface area (Å²) in [6, 6.07) is 11.2. The second kappa shape index (κ2) is 5.55. The van der Waals surface area contributed by atoms with Crippen LogP contribution in [0.4, 0.5) is 5.82 Å². The number of benzene rings is 1. The van der Waals surface area contributed by atoms with Crippen LogP contribution in [0, 0.1) is 0 Å². The van der Waals surface area contributed by atoms with Crippen LogP contribution in [0.25, 0.3) is 0 Å². The predicted octanol–water partition coefficient (Wildman–Crippen LogP) is 3.36. The van der Waals surface area contributed by atoms with Gasteiger partial charge in [-0.15, -0.1) is 0 Å². The molecule has 0 saturated carbocycles. The zero-order valence-electron chi connectivity index (χ0n) is 9.48. The summed E-state index contributed by atoms with van der Waals surface area (Å²) in [5, 5.41) is 3.70. The van der Waals surface area contributed by atoms with E-state index in [1.54, 1.807) is 6.20 Å². The van der Waals surface area contributed by atoms with Crippen molar-refractivity contribution in [1.82, 2.24) is 4.98 Å². The summed E-state index contributed by atoms with van der Waals surface area (Å²) in [7, 11) is 1.84. The molecule has 0 unspecified atom stereocenters. The van der Waals surface area contributed by atoms with E-state index in [0.29, 0.717) is 11.6 Å². The van der Waals surface area contributed by atoms with Gasteiger partial charge in [0, 0.05) is 18.3 Å². The van der Waals surface area contributed by atoms with E-state index >= 15 is 0 Å². The van der Waals surface area contributed by atoms with Crippen molar-refractivity contribution in [3.63, 3.8) is 0 Å². The highest BCUT2D eigenvalue weighted by Gasteiger charge is 1.98. The van der Waals surface area contributed by atoms with Crippen LogP contribution in [0.5, 0.6) is 5.75 Å². The topological polar surface area (TPSA) is 34.1 Å². The lowest BCUT2D eigenvalue weighted by atomic mass is 10.3. The number of anilines is 1. The van der Waals surface area contributed by atoms with E-state index < -0.39 is 0 Å². The molecule has 88 valence electrons. The van der Waals surface area contributed by atoms with Crippen LogP contribution in [0.3, 0.4) is 0 Å². The van der Waals surface area contributed by atoms with Gasteiger partial charge in [0.05, 0.1) is 0 Å². The fourth-order valence-electron chi connectivity index (χ4n) is 1.40. The Balaban J connectivity index is 1.99. The zero-order chi connectivity index (χ0) is 12.1. The first-order valence-electron chi connectivity index (χ1n) is 5.29. The molecule has 0 aliphatic rings. The molecular weight excluding hydrogens is 236 g/mol. The largest absolute Gasteiger partial charge is 0.489 e. The number of nitrogens with zero attached hydrogens (tertiary/aromatic N) is 1. The maximum Gasteiger partial charge on any atom is 0.126 e. The molecule has 0 aliphatic heterocycles. The minimum atomic E-state index is 0.513. The molecule has 0 radical (unpaired) electrons. The van der Waals surface area contributed by atoms with Crippen molar-refractivity contribution in [2.24, 2.45) is 0 Å². The van der Waals surface area contributed by atoms with Gasteiger partial charge in [0.15, 0.2) is 0 Å². The summed E-state index contributed by atoms with van der Waals surface area (Å²) in [5.74, 6) is 1.64. The van der Waals surface area contributed by atoms with Crippen molar-refractivity contribution >= 4 is 17.4 Å². The Kier molecular flexibility index (Phi) is 3.83. The normalized spacial score (nSPS) is 10.0. The van der Waals surface area contributed by atoms with E-state index in [4.69, 9.17) is 16.3 Å². The maximum atomic E-state index is 5.80. The Bertz CT molecular complexity index is 485. The van der Waals surface area contributed by atoms with Crippen LogP contribution in [-0.4, -0.2) is 12.0 Å². The standard InChI is InChI=1S/C13H13ClN2O/c1-15-13-8-10(6-7-16-13)9-17-12-4-2-11(14)3-5-12/h2-8H,9H2,1H3,(H,15,16). The zero-order valence-corrected chi connectivity index (χ0v) is 10.2. The first-order chi connectivity index (χ1) is 8.28. The number of hydrogen-bond acceptors (Lipinski definition) is 3. The third-order valence-corrected chi connectivity index (χ3v) is 2.55. The smallest absolute Gasteiger partial charge is 0.126 e. The molecule has 1 heterocycles. The summed E-state index contributed by atoms with van der Waals surface area (Å²) < 4.78 is 5.63. The molecule has 0 amide bonds. The lowest BCUT2D eigenvalue weighted by Crippen LogP contribution is -1.98. The third kappa shape index (κ3) is 3.36. The van der Waals surface area contributed by atoms with Gasteiger partial charge < -0.3 is 10.1 Å². The Morgan fingerprint density at radius 2 is 2.00 bits per heavy atom. The third-order valence-electron chi connectivity index (χ3n) is 2.30. The second-order valence-corrected chi connectivity index (χ2v) is 3.98. The van der Waals surface area contributed by atoms with Crippen LogP contribution < -0.4 is 10.1 Å². The molecule has 0 saturated heterocycles. The van der Waals surface area contributed by atoms with E-state index in [0.717, 1.165) is 17.1 Å². The molecule has 0 fully saturated rings. The van der Waals surface area contributed by atoms with Gasteiger partial charge in [0.25, 0.3) is 0 Å². The van der Waals surface area contributed by atoms with Gasteiger partial charge in [-0.05, 0) is 42.0 Å². The SMILES string of the molecule is CNc1cc(COc2ccc(Cl)cc2)ccn1. The molecule has 1 aromatic carbocycles. The van der Waals surface area contributed by atoms with Crippen LogP contribution in [-0.2, 0) is 6.61 Å². The fourth-order valence-corrected chi connectivity index (χ4v) is 1.52. The van der Waals surface area contributed by atoms with Crippen molar-refractivity contribution < 1.29 is 4.74 Å². The molecule has 1 N–H and O–H groups in total. The van der Waals surface area contributed by atoms with Gasteiger partial charge in [0.1, 0.15) is 18.2 Å². The highest BCUT2D eigenvalue weighted by Crippen LogP contribution is 2.17. The van der Waals surface area contributed by atoms with E-state index in [1.165, 1.54) is 0 Å². The van der Waals surface area contributed by atoms with Gasteiger partial charge in [0.2, 0.25) is 0 Å². The van der Waals surface area contributed by atoms with Crippen molar-refractivity contribution in [3.05, 3.63) is 53.2 Å². The Morgan fingerprint density at radius 3 is 2.71 bits per heavy atom. The van der Waals surface area contributed by atoms with Crippen molar-refractivity contribution in [2.75, 3.05) is 12.4 Å². The molecular formula is C13H13ClN2O. The highest BCUT2D eigenvalue weighted by molar-refractivity contribution is 6.30. The van der Waals surface area contributed by atoms with Gasteiger partial charge >= 0.3 is 0 Å². The molecule has 0 aliphatic carbocycles. The van der Waals surface area contributed by atoms with Gasteiger partial charge in [-0.3, -0.25) is 0 Å². The molecule has 0 bridgehead atoms. The van der Waals surface area contributed by atoms with Crippen molar-refractivity contribution in [1.29, 1.82) is 0 Å². The number of hydrogen-bond donors (Lipinski definition) is 1. The second-order valence-electron chi connectivity index (χ2n) is 3.54. The molecule has 0 spiro atoms. The minimum absolute atomic E-state index is 0.513. The van der Waals surface area contributed by atoms with Crippen molar-refractivity contribution in [2.45, 2.75) is 6.61 Å². The lowest BCUT2D eigenvalue weighted by molar-refractivity contribution is 0.306. The number of nitrogens with one attached hydrogen (secondary N) is 1. The average Bonchev–Trinajstić information content (AvgIpc) is 2.38. The molecule has 3 nitrogen and oxygen atoms in total. The van der Waals surface area contributed by atoms with E-state index in [2.05, 4.69) is 10.3 Å². The summed E-state index contributed by atoms with van der Waals surface area (Å²) >= 11 is 5.80.